The molecule has 0 saturated heterocycles. The van der Waals surface area contributed by atoms with Gasteiger partial charge in [0, 0.05) is 20.5 Å². The molecule has 1 amide bonds. The first kappa shape index (κ1) is 16.4. The number of carbonyl (C=O) groups is 1. The van der Waals surface area contributed by atoms with E-state index in [-0.39, 0.29) is 13.3 Å². The van der Waals surface area contributed by atoms with Crippen LogP contribution in [0.15, 0.2) is 0 Å². The summed E-state index contributed by atoms with van der Waals surface area (Å²) in [6.45, 7) is 10.5. The van der Waals surface area contributed by atoms with E-state index in [0.717, 1.165) is 25.4 Å². The average molecular weight is 245 g/mol. The Labute approximate surface area is 108 Å². The highest BCUT2D eigenvalue weighted by Gasteiger charge is 2.08. The zero-order valence-electron chi connectivity index (χ0n) is 11.9. The molecule has 0 aliphatic heterocycles. The standard InChI is InChI=1S/C14H29NO2.H2/c1-5-12(3)8-7-10-17-11-9-15-14(16)13(4)6-2;/h12-13H,5-11H2,1-4H3,(H,15,16);1H. The molecule has 0 aliphatic rings. The van der Waals surface area contributed by atoms with Gasteiger partial charge < -0.3 is 10.1 Å². The van der Waals surface area contributed by atoms with Gasteiger partial charge in [0.05, 0.1) is 6.61 Å². The first-order valence-corrected chi connectivity index (χ1v) is 6.97. The fraction of sp³-hybridized carbons (Fsp3) is 0.929. The lowest BCUT2D eigenvalue weighted by molar-refractivity contribution is -0.124. The maximum atomic E-state index is 11.4. The molecule has 104 valence electrons. The molecular formula is C14H31NO2. The Balaban J connectivity index is 0. The summed E-state index contributed by atoms with van der Waals surface area (Å²) >= 11 is 0. The lowest BCUT2D eigenvalue weighted by Gasteiger charge is -2.11. The van der Waals surface area contributed by atoms with Crippen molar-refractivity contribution in [3.05, 3.63) is 0 Å². The highest BCUT2D eigenvalue weighted by Crippen LogP contribution is 2.08. The number of hydrogen-bond donors (Lipinski definition) is 1. The first-order chi connectivity index (χ1) is 8.11. The van der Waals surface area contributed by atoms with Crippen molar-refractivity contribution in [2.45, 2.75) is 53.4 Å². The summed E-state index contributed by atoms with van der Waals surface area (Å²) in [6, 6.07) is 0. The van der Waals surface area contributed by atoms with Gasteiger partial charge in [0.15, 0.2) is 0 Å². The van der Waals surface area contributed by atoms with Crippen molar-refractivity contribution in [3.63, 3.8) is 0 Å². The maximum Gasteiger partial charge on any atom is 0.222 e. The van der Waals surface area contributed by atoms with Crippen LogP contribution in [0.3, 0.4) is 0 Å². The van der Waals surface area contributed by atoms with Crippen molar-refractivity contribution in [3.8, 4) is 0 Å². The van der Waals surface area contributed by atoms with Gasteiger partial charge in [0.25, 0.3) is 0 Å². The van der Waals surface area contributed by atoms with Crippen molar-refractivity contribution < 1.29 is 11.0 Å². The minimum atomic E-state index is 0. The molecule has 0 bridgehead atoms. The predicted octanol–water partition coefficient (Wildman–Crippen LogP) is 3.24. The molecule has 17 heavy (non-hydrogen) atoms. The second-order valence-electron chi connectivity index (χ2n) is 4.87. The van der Waals surface area contributed by atoms with Gasteiger partial charge in [-0.1, -0.05) is 34.1 Å². The van der Waals surface area contributed by atoms with Crippen LogP contribution in [0.4, 0.5) is 0 Å². The van der Waals surface area contributed by atoms with E-state index in [1.54, 1.807) is 0 Å². The molecule has 3 nitrogen and oxygen atoms in total. The van der Waals surface area contributed by atoms with Crippen molar-refractivity contribution in [2.24, 2.45) is 11.8 Å². The molecule has 0 saturated carbocycles. The molecule has 0 aromatic rings. The van der Waals surface area contributed by atoms with Crippen LogP contribution >= 0.6 is 0 Å². The minimum absolute atomic E-state index is 0. The Bertz CT molecular complexity index is 200. The van der Waals surface area contributed by atoms with E-state index in [1.165, 1.54) is 12.8 Å². The van der Waals surface area contributed by atoms with Gasteiger partial charge >= 0.3 is 0 Å². The second kappa shape index (κ2) is 10.6. The van der Waals surface area contributed by atoms with Gasteiger partial charge in [-0.2, -0.15) is 0 Å². The minimum Gasteiger partial charge on any atom is -0.380 e. The van der Waals surface area contributed by atoms with Gasteiger partial charge in [-0.3, -0.25) is 4.79 Å². The Morgan fingerprint density at radius 3 is 2.53 bits per heavy atom. The van der Waals surface area contributed by atoms with E-state index < -0.39 is 0 Å². The number of carbonyl (C=O) groups excluding carboxylic acids is 1. The zero-order chi connectivity index (χ0) is 13.1. The van der Waals surface area contributed by atoms with Crippen LogP contribution in [0.5, 0.6) is 0 Å². The molecule has 0 aromatic carbocycles. The maximum absolute atomic E-state index is 11.4. The van der Waals surface area contributed by atoms with Crippen LogP contribution in [-0.2, 0) is 9.53 Å². The third-order valence-electron chi connectivity index (χ3n) is 3.29. The fourth-order valence-corrected chi connectivity index (χ4v) is 1.45. The number of amides is 1. The third-order valence-corrected chi connectivity index (χ3v) is 3.29. The molecule has 1 N–H and O–H groups in total. The molecule has 3 heteroatoms. The summed E-state index contributed by atoms with van der Waals surface area (Å²) in [5, 5.41) is 2.88. The number of hydrogen-bond acceptors (Lipinski definition) is 2. The van der Waals surface area contributed by atoms with Crippen molar-refractivity contribution in [1.82, 2.24) is 5.32 Å². The van der Waals surface area contributed by atoms with E-state index in [4.69, 9.17) is 4.74 Å². The molecule has 0 radical (unpaired) electrons. The first-order valence-electron chi connectivity index (χ1n) is 6.97. The van der Waals surface area contributed by atoms with Gasteiger partial charge in [-0.15, -0.1) is 0 Å². The zero-order valence-corrected chi connectivity index (χ0v) is 11.9. The Hall–Kier alpha value is -0.570. The third kappa shape index (κ3) is 9.16. The van der Waals surface area contributed by atoms with Crippen LogP contribution in [0.1, 0.15) is 54.8 Å². The second-order valence-corrected chi connectivity index (χ2v) is 4.87. The molecule has 0 spiro atoms. The smallest absolute Gasteiger partial charge is 0.222 e. The van der Waals surface area contributed by atoms with E-state index in [0.29, 0.717) is 13.2 Å². The number of ether oxygens (including phenoxy) is 1. The summed E-state index contributed by atoms with van der Waals surface area (Å²) in [5.41, 5.74) is 0. The Morgan fingerprint density at radius 1 is 1.24 bits per heavy atom. The van der Waals surface area contributed by atoms with Crippen LogP contribution in [0, 0.1) is 11.8 Å². The predicted molar refractivity (Wildman–Crippen MR) is 74.1 cm³/mol. The lowest BCUT2D eigenvalue weighted by atomic mass is 10.0. The van der Waals surface area contributed by atoms with E-state index in [1.807, 2.05) is 13.8 Å². The molecule has 0 aromatic heterocycles. The molecular weight excluding hydrogens is 214 g/mol. The van der Waals surface area contributed by atoms with Crippen molar-refractivity contribution >= 4 is 5.91 Å². The summed E-state index contributed by atoms with van der Waals surface area (Å²) in [6.07, 6.45) is 4.48. The quantitative estimate of drug-likeness (QED) is 0.600. The largest absolute Gasteiger partial charge is 0.380 e. The van der Waals surface area contributed by atoms with Gasteiger partial charge in [-0.05, 0) is 25.2 Å². The lowest BCUT2D eigenvalue weighted by Crippen LogP contribution is -2.31. The molecule has 0 heterocycles. The number of rotatable bonds is 10. The van der Waals surface area contributed by atoms with Crippen molar-refractivity contribution in [2.75, 3.05) is 19.8 Å². The van der Waals surface area contributed by atoms with Crippen LogP contribution in [-0.4, -0.2) is 25.7 Å². The Morgan fingerprint density at radius 2 is 1.94 bits per heavy atom. The average Bonchev–Trinajstić information content (AvgIpc) is 2.35. The highest BCUT2D eigenvalue weighted by atomic mass is 16.5. The van der Waals surface area contributed by atoms with Crippen molar-refractivity contribution in [1.29, 1.82) is 0 Å². The van der Waals surface area contributed by atoms with E-state index >= 15 is 0 Å². The van der Waals surface area contributed by atoms with E-state index in [9.17, 15) is 4.79 Å². The van der Waals surface area contributed by atoms with Crippen LogP contribution < -0.4 is 5.32 Å². The monoisotopic (exact) mass is 245 g/mol. The normalized spacial score (nSPS) is 14.4. The SMILES string of the molecule is CCC(C)CCCOCCNC(=O)C(C)CC.[HH]. The number of nitrogens with one attached hydrogen (secondary N) is 1. The van der Waals surface area contributed by atoms with Crippen LogP contribution in [0.25, 0.3) is 0 Å². The molecule has 0 rings (SSSR count). The summed E-state index contributed by atoms with van der Waals surface area (Å²) in [4.78, 5) is 11.4. The van der Waals surface area contributed by atoms with Crippen LogP contribution in [0.2, 0.25) is 0 Å². The van der Waals surface area contributed by atoms with Gasteiger partial charge in [-0.25, -0.2) is 0 Å². The summed E-state index contributed by atoms with van der Waals surface area (Å²) < 4.78 is 5.48. The summed E-state index contributed by atoms with van der Waals surface area (Å²) in [7, 11) is 0. The molecule has 2 unspecified atom stereocenters. The van der Waals surface area contributed by atoms with Gasteiger partial charge in [0.1, 0.15) is 0 Å². The fourth-order valence-electron chi connectivity index (χ4n) is 1.45. The van der Waals surface area contributed by atoms with E-state index in [2.05, 4.69) is 19.2 Å². The molecule has 2 atom stereocenters. The summed E-state index contributed by atoms with van der Waals surface area (Å²) in [5.74, 6) is 1.04. The van der Waals surface area contributed by atoms with Gasteiger partial charge in [0.2, 0.25) is 5.91 Å². The Kier molecular flexibility index (Phi) is 10.2. The topological polar surface area (TPSA) is 38.3 Å². The highest BCUT2D eigenvalue weighted by molar-refractivity contribution is 5.78. The molecule has 0 aliphatic carbocycles. The molecule has 0 fully saturated rings.